The number of thiophene rings is 1. The number of allylic oxidation sites excluding steroid dienone is 1. The van der Waals surface area contributed by atoms with E-state index in [0.717, 1.165) is 17.7 Å². The monoisotopic (exact) mass is 224 g/mol. The van der Waals surface area contributed by atoms with Gasteiger partial charge in [-0.05, 0) is 35.7 Å². The number of benzene rings is 1. The van der Waals surface area contributed by atoms with Crippen molar-refractivity contribution in [3.05, 3.63) is 46.5 Å². The molecule has 0 atom stereocenters. The summed E-state index contributed by atoms with van der Waals surface area (Å²) >= 11 is 7.61. The standard InChI is InChI=1S/C11H9ClOS/c12-9-3-4-11-8(6-9)7-10(14-11)2-1-5-13/h1,3-7,13H,2H2/b5-1+. The Morgan fingerprint density at radius 2 is 2.21 bits per heavy atom. The minimum absolute atomic E-state index is 0.763. The SMILES string of the molecule is O/C=C/Cc1cc2cc(Cl)ccc2s1. The van der Waals surface area contributed by atoms with E-state index in [1.165, 1.54) is 15.0 Å². The lowest BCUT2D eigenvalue weighted by Gasteiger charge is -1.88. The maximum absolute atomic E-state index is 8.55. The summed E-state index contributed by atoms with van der Waals surface area (Å²) in [5, 5.41) is 10.5. The normalized spacial score (nSPS) is 11.5. The molecule has 0 fully saturated rings. The second-order valence-corrected chi connectivity index (χ2v) is 4.59. The van der Waals surface area contributed by atoms with Crippen LogP contribution in [0.4, 0.5) is 0 Å². The van der Waals surface area contributed by atoms with Gasteiger partial charge in [0.2, 0.25) is 0 Å². The van der Waals surface area contributed by atoms with E-state index < -0.39 is 0 Å². The molecular weight excluding hydrogens is 216 g/mol. The fourth-order valence-corrected chi connectivity index (χ4v) is 2.54. The van der Waals surface area contributed by atoms with Crippen LogP contribution in [0.5, 0.6) is 0 Å². The Labute approximate surface area is 91.3 Å². The van der Waals surface area contributed by atoms with E-state index >= 15 is 0 Å². The van der Waals surface area contributed by atoms with Gasteiger partial charge in [0, 0.05) is 21.0 Å². The van der Waals surface area contributed by atoms with Gasteiger partial charge < -0.3 is 5.11 Å². The van der Waals surface area contributed by atoms with Crippen molar-refractivity contribution in [2.75, 3.05) is 0 Å². The molecule has 1 aromatic carbocycles. The second kappa shape index (κ2) is 4.03. The van der Waals surface area contributed by atoms with Crippen LogP contribution in [-0.4, -0.2) is 5.11 Å². The highest BCUT2D eigenvalue weighted by molar-refractivity contribution is 7.19. The maximum atomic E-state index is 8.55. The van der Waals surface area contributed by atoms with Crippen molar-refractivity contribution in [2.24, 2.45) is 0 Å². The zero-order chi connectivity index (χ0) is 9.97. The topological polar surface area (TPSA) is 20.2 Å². The van der Waals surface area contributed by atoms with E-state index in [9.17, 15) is 0 Å². The Bertz CT molecular complexity index is 473. The van der Waals surface area contributed by atoms with E-state index in [1.54, 1.807) is 17.4 Å². The summed E-state index contributed by atoms with van der Waals surface area (Å²) in [7, 11) is 0. The van der Waals surface area contributed by atoms with Crippen LogP contribution in [0.1, 0.15) is 4.88 Å². The molecule has 0 saturated heterocycles. The number of halogens is 1. The number of rotatable bonds is 2. The molecule has 0 unspecified atom stereocenters. The lowest BCUT2D eigenvalue weighted by atomic mass is 10.2. The first kappa shape index (κ1) is 9.56. The van der Waals surface area contributed by atoms with Crippen molar-refractivity contribution < 1.29 is 5.11 Å². The van der Waals surface area contributed by atoms with Gasteiger partial charge >= 0.3 is 0 Å². The molecule has 2 rings (SSSR count). The zero-order valence-electron chi connectivity index (χ0n) is 7.40. The molecule has 0 bridgehead atoms. The van der Waals surface area contributed by atoms with Crippen LogP contribution in [0, 0.1) is 0 Å². The van der Waals surface area contributed by atoms with Crippen molar-refractivity contribution in [1.29, 1.82) is 0 Å². The largest absolute Gasteiger partial charge is 0.516 e. The summed E-state index contributed by atoms with van der Waals surface area (Å²) in [5.74, 6) is 0. The minimum Gasteiger partial charge on any atom is -0.516 e. The highest BCUT2D eigenvalue weighted by Crippen LogP contribution is 2.28. The van der Waals surface area contributed by atoms with E-state index in [-0.39, 0.29) is 0 Å². The molecule has 2 aromatic rings. The van der Waals surface area contributed by atoms with E-state index in [1.807, 2.05) is 18.2 Å². The number of aliphatic hydroxyl groups excluding tert-OH is 1. The Morgan fingerprint density at radius 3 is 3.00 bits per heavy atom. The molecule has 0 amide bonds. The Hall–Kier alpha value is -0.990. The van der Waals surface area contributed by atoms with Crippen molar-refractivity contribution >= 4 is 33.0 Å². The third-order valence-electron chi connectivity index (χ3n) is 1.95. The minimum atomic E-state index is 0.763. The van der Waals surface area contributed by atoms with Gasteiger partial charge in [-0.15, -0.1) is 11.3 Å². The van der Waals surface area contributed by atoms with Crippen molar-refractivity contribution in [1.82, 2.24) is 0 Å². The number of hydrogen-bond donors (Lipinski definition) is 1. The highest BCUT2D eigenvalue weighted by Gasteiger charge is 2.00. The van der Waals surface area contributed by atoms with Crippen LogP contribution in [0.3, 0.4) is 0 Å². The summed E-state index contributed by atoms with van der Waals surface area (Å²) in [6, 6.07) is 7.98. The van der Waals surface area contributed by atoms with Crippen LogP contribution in [-0.2, 0) is 6.42 Å². The Morgan fingerprint density at radius 1 is 1.36 bits per heavy atom. The number of aliphatic hydroxyl groups is 1. The second-order valence-electron chi connectivity index (χ2n) is 2.98. The first-order valence-corrected chi connectivity index (χ1v) is 5.46. The summed E-state index contributed by atoms with van der Waals surface area (Å²) in [6.07, 6.45) is 3.58. The van der Waals surface area contributed by atoms with Gasteiger partial charge in [-0.1, -0.05) is 11.6 Å². The zero-order valence-corrected chi connectivity index (χ0v) is 8.98. The summed E-state index contributed by atoms with van der Waals surface area (Å²) < 4.78 is 1.23. The Balaban J connectivity index is 2.41. The molecule has 1 N–H and O–H groups in total. The average Bonchev–Trinajstić information content (AvgIpc) is 2.56. The molecule has 0 aliphatic heterocycles. The van der Waals surface area contributed by atoms with Crippen LogP contribution < -0.4 is 0 Å². The molecule has 1 heterocycles. The van der Waals surface area contributed by atoms with Crippen molar-refractivity contribution in [3.63, 3.8) is 0 Å². The smallest absolute Gasteiger partial charge is 0.0755 e. The van der Waals surface area contributed by atoms with Gasteiger partial charge in [-0.25, -0.2) is 0 Å². The van der Waals surface area contributed by atoms with Gasteiger partial charge in [-0.2, -0.15) is 0 Å². The number of hydrogen-bond acceptors (Lipinski definition) is 2. The van der Waals surface area contributed by atoms with E-state index in [4.69, 9.17) is 16.7 Å². The van der Waals surface area contributed by atoms with Gasteiger partial charge in [0.25, 0.3) is 0 Å². The summed E-state index contributed by atoms with van der Waals surface area (Å²) in [4.78, 5) is 1.23. The molecule has 3 heteroatoms. The first-order chi connectivity index (χ1) is 6.79. The van der Waals surface area contributed by atoms with Crippen molar-refractivity contribution in [2.45, 2.75) is 6.42 Å². The van der Waals surface area contributed by atoms with Crippen LogP contribution in [0.2, 0.25) is 5.02 Å². The van der Waals surface area contributed by atoms with Crippen LogP contribution in [0.25, 0.3) is 10.1 Å². The summed E-state index contributed by atoms with van der Waals surface area (Å²) in [5.41, 5.74) is 0. The third-order valence-corrected chi connectivity index (χ3v) is 3.33. The molecule has 0 saturated carbocycles. The first-order valence-electron chi connectivity index (χ1n) is 4.27. The highest BCUT2D eigenvalue weighted by atomic mass is 35.5. The van der Waals surface area contributed by atoms with Crippen LogP contribution in [0.15, 0.2) is 36.6 Å². The fourth-order valence-electron chi connectivity index (χ4n) is 1.34. The lowest BCUT2D eigenvalue weighted by Crippen LogP contribution is -1.70. The quantitative estimate of drug-likeness (QED) is 0.760. The molecule has 72 valence electrons. The van der Waals surface area contributed by atoms with Crippen molar-refractivity contribution in [3.8, 4) is 0 Å². The van der Waals surface area contributed by atoms with Gasteiger partial charge in [-0.3, -0.25) is 0 Å². The average molecular weight is 225 g/mol. The molecule has 0 aliphatic rings. The van der Waals surface area contributed by atoms with E-state index in [2.05, 4.69) is 6.07 Å². The number of fused-ring (bicyclic) bond motifs is 1. The molecular formula is C11H9ClOS. The van der Waals surface area contributed by atoms with Gasteiger partial charge in [0.1, 0.15) is 0 Å². The molecule has 14 heavy (non-hydrogen) atoms. The maximum Gasteiger partial charge on any atom is 0.0755 e. The fraction of sp³-hybridized carbons (Fsp3) is 0.0909. The predicted octanol–water partition coefficient (Wildman–Crippen LogP) is 4.17. The van der Waals surface area contributed by atoms with Gasteiger partial charge in [0.15, 0.2) is 0 Å². The summed E-state index contributed by atoms with van der Waals surface area (Å²) in [6.45, 7) is 0. The van der Waals surface area contributed by atoms with E-state index in [0.29, 0.717) is 0 Å². The third kappa shape index (κ3) is 1.91. The molecule has 0 radical (unpaired) electrons. The molecule has 0 spiro atoms. The van der Waals surface area contributed by atoms with Crippen LogP contribution >= 0.6 is 22.9 Å². The molecule has 0 aliphatic carbocycles. The lowest BCUT2D eigenvalue weighted by molar-refractivity contribution is 0.471. The molecule has 1 nitrogen and oxygen atoms in total. The van der Waals surface area contributed by atoms with Gasteiger partial charge in [0.05, 0.1) is 6.26 Å². The molecule has 1 aromatic heterocycles. The Kier molecular flexibility index (Phi) is 2.75. The predicted molar refractivity (Wildman–Crippen MR) is 62.3 cm³/mol.